The minimum absolute atomic E-state index is 0.0572. The molecule has 1 amide bonds. The highest BCUT2D eigenvalue weighted by Gasteiger charge is 2.33. The van der Waals surface area contributed by atoms with Crippen molar-refractivity contribution >= 4 is 29.4 Å². The van der Waals surface area contributed by atoms with Crippen LogP contribution in [0.4, 0.5) is 0 Å². The second-order valence-electron chi connectivity index (χ2n) is 7.08. The fraction of sp³-hybridized carbons (Fsp3) is 0.409. The van der Waals surface area contributed by atoms with Crippen molar-refractivity contribution in [2.45, 2.75) is 29.9 Å². The molecule has 1 aliphatic carbocycles. The van der Waals surface area contributed by atoms with Gasteiger partial charge in [0, 0.05) is 0 Å². The monoisotopic (exact) mass is 399 g/mol. The van der Waals surface area contributed by atoms with E-state index in [1.54, 1.807) is 0 Å². The summed E-state index contributed by atoms with van der Waals surface area (Å²) < 4.78 is 6.25. The molecular formula is C22H25NO2S2. The van der Waals surface area contributed by atoms with Crippen LogP contribution in [0.15, 0.2) is 54.6 Å². The largest absolute Gasteiger partial charge is 0.484 e. The second-order valence-corrected chi connectivity index (χ2v) is 9.80. The van der Waals surface area contributed by atoms with Crippen molar-refractivity contribution in [3.8, 4) is 5.75 Å². The van der Waals surface area contributed by atoms with Crippen molar-refractivity contribution in [3.63, 3.8) is 0 Å². The zero-order valence-electron chi connectivity index (χ0n) is 15.3. The van der Waals surface area contributed by atoms with Crippen molar-refractivity contribution in [1.29, 1.82) is 0 Å². The molecule has 1 saturated heterocycles. The molecule has 0 bridgehead atoms. The maximum atomic E-state index is 12.4. The van der Waals surface area contributed by atoms with E-state index >= 15 is 0 Å². The van der Waals surface area contributed by atoms with Crippen LogP contribution in [0.5, 0.6) is 5.75 Å². The minimum Gasteiger partial charge on any atom is -0.484 e. The Balaban J connectivity index is 1.29. The first kappa shape index (κ1) is 18.8. The van der Waals surface area contributed by atoms with E-state index in [0.29, 0.717) is 10.5 Å². The second kappa shape index (κ2) is 9.07. The summed E-state index contributed by atoms with van der Waals surface area (Å²) in [6.07, 6.45) is 3.66. The summed E-state index contributed by atoms with van der Waals surface area (Å²) in [5.74, 6) is 3.72. The number of benzene rings is 2. The summed E-state index contributed by atoms with van der Waals surface area (Å²) in [4.78, 5) is 12.4. The van der Waals surface area contributed by atoms with E-state index in [0.717, 1.165) is 5.75 Å². The van der Waals surface area contributed by atoms with Gasteiger partial charge in [-0.1, -0.05) is 42.5 Å². The number of rotatable bonds is 7. The third-order valence-corrected chi connectivity index (χ3v) is 7.93. The van der Waals surface area contributed by atoms with Crippen LogP contribution in [0.3, 0.4) is 0 Å². The van der Waals surface area contributed by atoms with Gasteiger partial charge in [-0.05, 0) is 59.9 Å². The topological polar surface area (TPSA) is 38.3 Å². The molecule has 1 N–H and O–H groups in total. The zero-order chi connectivity index (χ0) is 18.5. The molecule has 2 aromatic rings. The summed E-state index contributed by atoms with van der Waals surface area (Å²) in [6, 6.07) is 18.5. The molecule has 4 rings (SSSR count). The van der Waals surface area contributed by atoms with E-state index in [-0.39, 0.29) is 18.6 Å². The van der Waals surface area contributed by atoms with Crippen LogP contribution in [-0.2, 0) is 4.79 Å². The summed E-state index contributed by atoms with van der Waals surface area (Å²) in [5, 5.41) is 3.16. The predicted molar refractivity (Wildman–Crippen MR) is 114 cm³/mol. The molecular weight excluding hydrogens is 374 g/mol. The highest BCUT2D eigenvalue weighted by molar-refractivity contribution is 8.16. The molecule has 1 heterocycles. The van der Waals surface area contributed by atoms with E-state index in [1.807, 2.05) is 53.9 Å². The highest BCUT2D eigenvalue weighted by Crippen LogP contribution is 2.44. The Kier molecular flexibility index (Phi) is 6.30. The van der Waals surface area contributed by atoms with E-state index in [4.69, 9.17) is 4.74 Å². The fourth-order valence-electron chi connectivity index (χ4n) is 3.33. The Labute approximate surface area is 169 Å². The molecule has 1 aliphatic heterocycles. The van der Waals surface area contributed by atoms with Gasteiger partial charge in [-0.15, -0.1) is 23.5 Å². The van der Waals surface area contributed by atoms with Crippen molar-refractivity contribution in [2.75, 3.05) is 18.1 Å². The molecule has 2 fully saturated rings. The lowest BCUT2D eigenvalue weighted by Gasteiger charge is -2.21. The molecule has 2 aromatic carbocycles. The standard InChI is InChI=1S/C22H25NO2S2/c24-20(23-21(17-7-8-17)16-5-2-1-3-6-16)15-25-19-11-9-18(10-12-19)22-26-13-4-14-27-22/h1-3,5-6,9-12,17,21-22H,4,7-8,13-15H2,(H,23,24). The zero-order valence-corrected chi connectivity index (χ0v) is 16.9. The molecule has 3 nitrogen and oxygen atoms in total. The van der Waals surface area contributed by atoms with Crippen molar-refractivity contribution in [1.82, 2.24) is 5.32 Å². The van der Waals surface area contributed by atoms with Crippen LogP contribution in [0.1, 0.15) is 41.0 Å². The smallest absolute Gasteiger partial charge is 0.258 e. The number of amides is 1. The average molecular weight is 400 g/mol. The van der Waals surface area contributed by atoms with Crippen LogP contribution in [0.25, 0.3) is 0 Å². The van der Waals surface area contributed by atoms with Gasteiger partial charge in [-0.3, -0.25) is 4.79 Å². The molecule has 1 saturated carbocycles. The molecule has 0 radical (unpaired) electrons. The molecule has 0 aromatic heterocycles. The Morgan fingerprint density at radius 2 is 1.74 bits per heavy atom. The molecule has 0 spiro atoms. The summed E-state index contributed by atoms with van der Waals surface area (Å²) in [7, 11) is 0. The first-order valence-corrected chi connectivity index (χ1v) is 11.7. The number of carbonyl (C=O) groups excluding carboxylic acids is 1. The molecule has 1 atom stereocenters. The number of carbonyl (C=O) groups is 1. The molecule has 2 aliphatic rings. The van der Waals surface area contributed by atoms with Crippen LogP contribution in [0.2, 0.25) is 0 Å². The van der Waals surface area contributed by atoms with Gasteiger partial charge in [0.05, 0.1) is 10.6 Å². The summed E-state index contributed by atoms with van der Waals surface area (Å²) in [6.45, 7) is 0.0579. The first-order chi connectivity index (χ1) is 13.3. The average Bonchev–Trinajstić information content (AvgIpc) is 3.57. The van der Waals surface area contributed by atoms with Crippen molar-refractivity contribution < 1.29 is 9.53 Å². The summed E-state index contributed by atoms with van der Waals surface area (Å²) >= 11 is 4.02. The maximum absolute atomic E-state index is 12.4. The van der Waals surface area contributed by atoms with Crippen LogP contribution in [-0.4, -0.2) is 24.0 Å². The van der Waals surface area contributed by atoms with Crippen LogP contribution < -0.4 is 10.1 Å². The third-order valence-electron chi connectivity index (χ3n) is 4.92. The lowest BCUT2D eigenvalue weighted by molar-refractivity contribution is -0.124. The lowest BCUT2D eigenvalue weighted by Crippen LogP contribution is -2.33. The van der Waals surface area contributed by atoms with Crippen molar-refractivity contribution in [3.05, 3.63) is 65.7 Å². The van der Waals surface area contributed by atoms with Crippen LogP contribution >= 0.6 is 23.5 Å². The Bertz CT molecular complexity index is 741. The van der Waals surface area contributed by atoms with Gasteiger partial charge in [0.2, 0.25) is 0 Å². The van der Waals surface area contributed by atoms with Gasteiger partial charge in [0.25, 0.3) is 5.91 Å². The normalized spacial score (nSPS) is 18.7. The van der Waals surface area contributed by atoms with Gasteiger partial charge >= 0.3 is 0 Å². The van der Waals surface area contributed by atoms with E-state index in [1.165, 1.54) is 41.9 Å². The van der Waals surface area contributed by atoms with E-state index in [2.05, 4.69) is 29.6 Å². The number of nitrogens with one attached hydrogen (secondary N) is 1. The SMILES string of the molecule is O=C(COc1ccc(C2SCCCS2)cc1)NC(c1ccccc1)C1CC1. The highest BCUT2D eigenvalue weighted by atomic mass is 32.2. The van der Waals surface area contributed by atoms with Gasteiger partial charge in [0.15, 0.2) is 6.61 Å². The molecule has 27 heavy (non-hydrogen) atoms. The maximum Gasteiger partial charge on any atom is 0.258 e. The fourth-order valence-corrected chi connectivity index (χ4v) is 6.22. The van der Waals surface area contributed by atoms with Crippen molar-refractivity contribution in [2.24, 2.45) is 5.92 Å². The Hall–Kier alpha value is -1.59. The lowest BCUT2D eigenvalue weighted by atomic mass is 10.0. The van der Waals surface area contributed by atoms with Gasteiger partial charge in [-0.25, -0.2) is 0 Å². The number of hydrogen-bond donors (Lipinski definition) is 1. The molecule has 5 heteroatoms. The minimum atomic E-state index is -0.0572. The Morgan fingerprint density at radius 1 is 1.04 bits per heavy atom. The van der Waals surface area contributed by atoms with E-state index < -0.39 is 0 Å². The van der Waals surface area contributed by atoms with Gasteiger partial charge < -0.3 is 10.1 Å². The number of hydrogen-bond acceptors (Lipinski definition) is 4. The Morgan fingerprint density at radius 3 is 2.41 bits per heavy atom. The van der Waals surface area contributed by atoms with Gasteiger partial charge in [-0.2, -0.15) is 0 Å². The first-order valence-electron chi connectivity index (χ1n) is 9.60. The number of ether oxygens (including phenoxy) is 1. The molecule has 1 unspecified atom stereocenters. The van der Waals surface area contributed by atoms with E-state index in [9.17, 15) is 4.79 Å². The predicted octanol–water partition coefficient (Wildman–Crippen LogP) is 5.20. The summed E-state index contributed by atoms with van der Waals surface area (Å²) in [5.41, 5.74) is 2.51. The quantitative estimate of drug-likeness (QED) is 0.694. The molecule has 142 valence electrons. The van der Waals surface area contributed by atoms with Crippen LogP contribution in [0, 0.1) is 5.92 Å². The third kappa shape index (κ3) is 5.23. The van der Waals surface area contributed by atoms with Gasteiger partial charge in [0.1, 0.15) is 5.75 Å². The number of thioether (sulfide) groups is 2.